The van der Waals surface area contributed by atoms with Gasteiger partial charge in [-0.15, -0.1) is 0 Å². The molecule has 21 heteroatoms. The van der Waals surface area contributed by atoms with E-state index in [0.29, 0.717) is 47.3 Å². The van der Waals surface area contributed by atoms with Gasteiger partial charge in [0.05, 0.1) is 56.5 Å². The number of nitrogens with one attached hydrogen (secondary N) is 3. The number of aryl methyl sites for hydroxylation is 3. The van der Waals surface area contributed by atoms with Crippen molar-refractivity contribution in [3.63, 3.8) is 0 Å². The third-order valence-corrected chi connectivity index (χ3v) is 9.12. The van der Waals surface area contributed by atoms with Gasteiger partial charge in [-0.3, -0.25) is 34.7 Å². The first kappa shape index (κ1) is 51.5. The normalized spacial score (nSPS) is 17.5. The summed E-state index contributed by atoms with van der Waals surface area (Å²) in [6.45, 7) is 18.8. The molecule has 0 unspecified atom stereocenters. The Hall–Kier alpha value is -3.14. The number of aliphatic hydroxyl groups excluding tert-OH is 1. The number of carbonyl (C=O) groups is 1. The third kappa shape index (κ3) is 16.1. The summed E-state index contributed by atoms with van der Waals surface area (Å²) in [5.41, 5.74) is 11.9. The van der Waals surface area contributed by atoms with E-state index in [1.165, 1.54) is 0 Å². The number of amidine groups is 2. The number of nitrogens with two attached hydrogens (primary N) is 1. The SMILES string of the molecule is Cc1ncc(/C=C/C2=NCCN2)c(CO)c1O.Cc1ncc(/C=C/C2=NCCN2)c2c1OC(C)(C)OC2.Cc1ncc(C=O)c2c1OC(C)(C)OC2.NC1=NCCN1.[I][V]([I])[I]. The van der Waals surface area contributed by atoms with E-state index in [9.17, 15) is 15.0 Å². The summed E-state index contributed by atoms with van der Waals surface area (Å²) < 4.78 is 22.8. The Bertz CT molecular complexity index is 2180. The van der Waals surface area contributed by atoms with E-state index >= 15 is 0 Å². The first-order valence-corrected chi connectivity index (χ1v) is 33.1. The number of ether oxygens (including phenoxy) is 4. The van der Waals surface area contributed by atoms with Gasteiger partial charge in [0.2, 0.25) is 11.6 Å². The van der Waals surface area contributed by atoms with Crippen LogP contribution in [0, 0.1) is 20.8 Å². The van der Waals surface area contributed by atoms with Crippen molar-refractivity contribution in [2.45, 2.75) is 79.9 Å². The van der Waals surface area contributed by atoms with Crippen LogP contribution in [0.4, 0.5) is 0 Å². The number of guanidine groups is 1. The van der Waals surface area contributed by atoms with Gasteiger partial charge < -0.3 is 50.8 Å². The molecule has 3 aromatic heterocycles. The zero-order chi connectivity index (χ0) is 45.5. The quantitative estimate of drug-likeness (QED) is 0.122. The van der Waals surface area contributed by atoms with Gasteiger partial charge in [0.25, 0.3) is 0 Å². The van der Waals surface area contributed by atoms with Crippen molar-refractivity contribution in [1.82, 2.24) is 30.9 Å². The van der Waals surface area contributed by atoms with Crippen molar-refractivity contribution in [1.29, 1.82) is 0 Å². The molecule has 0 atom stereocenters. The van der Waals surface area contributed by atoms with Gasteiger partial charge in [-0.2, -0.15) is 0 Å². The van der Waals surface area contributed by atoms with Gasteiger partial charge in [0.15, 0.2) is 18.0 Å². The number of aromatic nitrogens is 3. The fraction of sp³-hybridized carbons (Fsp3) is 0.439. The average molecular weight is 1230 g/mol. The first-order valence-electron chi connectivity index (χ1n) is 19.5. The zero-order valence-electron chi connectivity index (χ0n) is 35.8. The number of aromatic hydroxyl groups is 1. The minimum atomic E-state index is -0.652. The molecule has 336 valence electrons. The van der Waals surface area contributed by atoms with Gasteiger partial charge in [0.1, 0.15) is 23.2 Å². The van der Waals surface area contributed by atoms with Crippen LogP contribution in [0.15, 0.2) is 45.7 Å². The van der Waals surface area contributed by atoms with Gasteiger partial charge in [0, 0.05) is 99.3 Å². The van der Waals surface area contributed by atoms with Crippen LogP contribution >= 0.6 is 59.9 Å². The number of aliphatic hydroxyl groups is 1. The number of fused-ring (bicyclic) bond motifs is 2. The van der Waals surface area contributed by atoms with Crippen LogP contribution in [-0.4, -0.2) is 99.9 Å². The number of pyridine rings is 3. The Morgan fingerprint density at radius 3 is 1.56 bits per heavy atom. The van der Waals surface area contributed by atoms with Crippen molar-refractivity contribution < 1.29 is 38.9 Å². The van der Waals surface area contributed by atoms with Crippen molar-refractivity contribution in [3.05, 3.63) is 81.2 Å². The average Bonchev–Trinajstić information content (AvgIpc) is 4.05. The van der Waals surface area contributed by atoms with Gasteiger partial charge in [-0.05, 0) is 45.1 Å². The van der Waals surface area contributed by atoms with E-state index in [1.54, 1.807) is 25.4 Å². The molecule has 17 nitrogen and oxygen atoms in total. The number of aliphatic imine (C=N–C) groups is 3. The summed E-state index contributed by atoms with van der Waals surface area (Å²) in [6, 6.07) is 0. The number of nitrogens with zero attached hydrogens (tertiary/aromatic N) is 6. The third-order valence-electron chi connectivity index (χ3n) is 9.12. The molecule has 0 aromatic carbocycles. The summed E-state index contributed by atoms with van der Waals surface area (Å²) in [6.07, 6.45) is 13.4. The minimum absolute atomic E-state index is 0.0518. The van der Waals surface area contributed by atoms with Crippen molar-refractivity contribution in [2.24, 2.45) is 20.7 Å². The van der Waals surface area contributed by atoms with E-state index in [2.05, 4.69) is 106 Å². The molecule has 62 heavy (non-hydrogen) atoms. The Morgan fingerprint density at radius 2 is 1.15 bits per heavy atom. The van der Waals surface area contributed by atoms with Gasteiger partial charge in [-0.25, -0.2) is 0 Å². The van der Waals surface area contributed by atoms with Crippen LogP contribution in [0.5, 0.6) is 17.2 Å². The van der Waals surface area contributed by atoms with Crippen molar-refractivity contribution in [3.8, 4) is 17.2 Å². The monoisotopic (exact) mass is 1230 g/mol. The summed E-state index contributed by atoms with van der Waals surface area (Å²) >= 11 is 7.39. The molecular weight excluding hydrogens is 1180 g/mol. The molecular formula is C41H54I3N10O7V. The van der Waals surface area contributed by atoms with Crippen LogP contribution in [0.3, 0.4) is 0 Å². The van der Waals surface area contributed by atoms with Crippen molar-refractivity contribution in [2.75, 3.05) is 39.3 Å². The predicted octanol–water partition coefficient (Wildman–Crippen LogP) is 6.06. The predicted molar refractivity (Wildman–Crippen MR) is 264 cm³/mol. The molecule has 0 amide bonds. The molecule has 0 spiro atoms. The molecule has 0 bridgehead atoms. The van der Waals surface area contributed by atoms with Crippen LogP contribution in [0.25, 0.3) is 12.2 Å². The molecule has 8 rings (SSSR count). The van der Waals surface area contributed by atoms with E-state index in [1.807, 2.05) is 66.0 Å². The molecule has 8 heterocycles. The zero-order valence-corrected chi connectivity index (χ0v) is 43.6. The molecule has 5 aliphatic rings. The molecule has 7 N–H and O–H groups in total. The first-order chi connectivity index (χ1) is 29.4. The maximum absolute atomic E-state index is 10.8. The number of hydrogen-bond acceptors (Lipinski definition) is 17. The summed E-state index contributed by atoms with van der Waals surface area (Å²) in [7, 11) is 0. The number of carbonyl (C=O) groups excluding carboxylic acids is 1. The Morgan fingerprint density at radius 1 is 0.710 bits per heavy atom. The Labute approximate surface area is 400 Å². The molecule has 5 aliphatic heterocycles. The Kier molecular flexibility index (Phi) is 20.6. The fourth-order valence-electron chi connectivity index (χ4n) is 5.94. The maximum atomic E-state index is 10.8. The summed E-state index contributed by atoms with van der Waals surface area (Å²) in [4.78, 5) is 35.5. The van der Waals surface area contributed by atoms with Crippen LogP contribution in [0.2, 0.25) is 0 Å². The van der Waals surface area contributed by atoms with Crippen LogP contribution < -0.4 is 31.2 Å². The second-order valence-corrected chi connectivity index (χ2v) is 50.0. The topological polar surface area (TPSA) is 232 Å². The molecule has 3 aromatic rings. The number of rotatable bonds is 6. The standard InChI is InChI=1S/C15H19N3O2.C12H15N3O2.C11H13NO3.C3H7N3.3HI.V/c1-10-14-12(9-19-15(2,3)20-14)11(8-18-10)4-5-13-16-6-7-17-13;1-8-12(17)10(7-16)9(6-15-8)2-3-11-13-4-5-14-11;1-7-10-9(8(5-13)4-12-7)6-14-11(2,3)15-10;4-3-5-1-2-6-3;;;;/h4-5,8H,6-7,9H2,1-3H3,(H,16,17);2-3,6,16-17H,4-5,7H2,1H3,(H,13,14);4-5H,6H2,1-3H3;1-2H2,(H3,4,5,6);3*1H;/q;;;;;;;+3/p-3/b5-4+;3-2+;;;;;;. The van der Waals surface area contributed by atoms with Gasteiger partial charge in [-0.1, -0.05) is 0 Å². The number of hydrogen-bond donors (Lipinski definition) is 6. The fourth-order valence-corrected chi connectivity index (χ4v) is 5.94. The molecule has 0 saturated heterocycles. The molecule has 0 radical (unpaired) electrons. The van der Waals surface area contributed by atoms with Crippen LogP contribution in [0.1, 0.15) is 83.0 Å². The van der Waals surface area contributed by atoms with E-state index < -0.39 is 11.6 Å². The van der Waals surface area contributed by atoms with E-state index in [-0.39, 0.29) is 17.3 Å². The summed E-state index contributed by atoms with van der Waals surface area (Å²) in [5, 5.41) is 28.2. The van der Waals surface area contributed by atoms with E-state index in [4.69, 9.17) is 24.7 Å². The van der Waals surface area contributed by atoms with Gasteiger partial charge >= 0.3 is 64.9 Å². The van der Waals surface area contributed by atoms with E-state index in [0.717, 1.165) is 91.1 Å². The number of aldehydes is 1. The van der Waals surface area contributed by atoms with Crippen molar-refractivity contribution >= 4 is 96.0 Å². The summed E-state index contributed by atoms with van der Waals surface area (Å²) in [5.74, 6) is 2.62. The molecule has 0 aliphatic carbocycles. The van der Waals surface area contributed by atoms with Crippen LogP contribution in [-0.2, 0) is 34.2 Å². The second kappa shape index (κ2) is 24.8. The second-order valence-electron chi connectivity index (χ2n) is 14.6. The molecule has 0 saturated carbocycles. The molecule has 0 fully saturated rings. The number of halogens is 3. The Balaban J connectivity index is 0.000000185.